The van der Waals surface area contributed by atoms with E-state index in [0.717, 1.165) is 12.8 Å². The maximum Gasteiger partial charge on any atom is 0.265 e. The summed E-state index contributed by atoms with van der Waals surface area (Å²) >= 11 is 0. The Bertz CT molecular complexity index is 939. The second kappa shape index (κ2) is 9.64. The summed E-state index contributed by atoms with van der Waals surface area (Å²) in [5.74, 6) is 0.418. The van der Waals surface area contributed by atoms with Gasteiger partial charge in [0.05, 0.1) is 5.69 Å². The molecule has 0 atom stereocenters. The van der Waals surface area contributed by atoms with E-state index < -0.39 is 0 Å². The van der Waals surface area contributed by atoms with Gasteiger partial charge in [-0.05, 0) is 30.5 Å². The van der Waals surface area contributed by atoms with Gasteiger partial charge in [0.25, 0.3) is 5.91 Å². The number of hydrogen-bond donors (Lipinski definition) is 0. The van der Waals surface area contributed by atoms with Gasteiger partial charge in [0, 0.05) is 32.6 Å². The van der Waals surface area contributed by atoms with Crippen LogP contribution in [-0.2, 0) is 20.8 Å². The van der Waals surface area contributed by atoms with Gasteiger partial charge < -0.3 is 14.5 Å². The van der Waals surface area contributed by atoms with Gasteiger partial charge in [-0.1, -0.05) is 42.5 Å². The van der Waals surface area contributed by atoms with E-state index in [-0.39, 0.29) is 30.9 Å². The Morgan fingerprint density at radius 3 is 2.23 bits per heavy atom. The highest BCUT2D eigenvalue weighted by Crippen LogP contribution is 2.31. The van der Waals surface area contributed by atoms with E-state index in [4.69, 9.17) is 4.74 Å². The first-order valence-electron chi connectivity index (χ1n) is 10.7. The van der Waals surface area contributed by atoms with Crippen molar-refractivity contribution >= 4 is 23.4 Å². The second-order valence-corrected chi connectivity index (χ2v) is 7.84. The molecular weight excluding hydrogens is 394 g/mol. The maximum atomic E-state index is 12.8. The first-order valence-corrected chi connectivity index (χ1v) is 10.7. The smallest absolute Gasteiger partial charge is 0.265 e. The summed E-state index contributed by atoms with van der Waals surface area (Å²) in [4.78, 5) is 42.7. The van der Waals surface area contributed by atoms with Crippen LogP contribution in [0.1, 0.15) is 18.4 Å². The summed E-state index contributed by atoms with van der Waals surface area (Å²) in [7, 11) is 0. The van der Waals surface area contributed by atoms with E-state index in [1.54, 1.807) is 17.0 Å². The van der Waals surface area contributed by atoms with Crippen LogP contribution in [0.15, 0.2) is 54.6 Å². The largest absolute Gasteiger partial charge is 0.482 e. The quantitative estimate of drug-likeness (QED) is 0.716. The lowest BCUT2D eigenvalue weighted by atomic mass is 10.1. The number of ether oxygens (including phenoxy) is 1. The third-order valence-corrected chi connectivity index (χ3v) is 5.79. The molecular formula is C24H27N3O4. The molecule has 2 heterocycles. The third kappa shape index (κ3) is 5.05. The Hall–Kier alpha value is -3.35. The zero-order chi connectivity index (χ0) is 21.6. The molecule has 0 N–H and O–H groups in total. The minimum absolute atomic E-state index is 0.00969. The van der Waals surface area contributed by atoms with Crippen molar-refractivity contribution in [2.75, 3.05) is 44.2 Å². The number of rotatable bonds is 6. The highest BCUT2D eigenvalue weighted by molar-refractivity contribution is 6.02. The van der Waals surface area contributed by atoms with E-state index in [1.165, 1.54) is 10.5 Å². The number of fused-ring (bicyclic) bond motifs is 1. The molecule has 2 aromatic rings. The monoisotopic (exact) mass is 421 g/mol. The molecule has 4 rings (SSSR count). The summed E-state index contributed by atoms with van der Waals surface area (Å²) in [6, 6.07) is 17.4. The van der Waals surface area contributed by atoms with Crippen LogP contribution in [-0.4, -0.2) is 66.9 Å². The standard InChI is InChI=1S/C24H27N3O4/c28-22(12-6-9-19-7-2-1-3-8-19)25-13-15-26(16-14-25)23(29)17-27-20-10-4-5-11-21(20)31-18-24(27)30/h1-5,7-8,10-11H,6,9,12-18H2. The normalized spacial score (nSPS) is 16.0. The average Bonchev–Trinajstić information content (AvgIpc) is 2.81. The van der Waals surface area contributed by atoms with Crippen LogP contribution < -0.4 is 9.64 Å². The number of carbonyl (C=O) groups excluding carboxylic acids is 3. The van der Waals surface area contributed by atoms with E-state index >= 15 is 0 Å². The SMILES string of the molecule is O=C(CCCc1ccccc1)N1CCN(C(=O)CN2C(=O)COc3ccccc32)CC1. The molecule has 2 aliphatic heterocycles. The van der Waals surface area contributed by atoms with Crippen molar-refractivity contribution in [2.45, 2.75) is 19.3 Å². The van der Waals surface area contributed by atoms with Gasteiger partial charge in [-0.3, -0.25) is 19.3 Å². The van der Waals surface area contributed by atoms with Crippen LogP contribution in [0, 0.1) is 0 Å². The zero-order valence-electron chi connectivity index (χ0n) is 17.5. The molecule has 0 aromatic heterocycles. The molecule has 2 aromatic carbocycles. The molecule has 1 fully saturated rings. The van der Waals surface area contributed by atoms with Crippen LogP contribution in [0.25, 0.3) is 0 Å². The summed E-state index contributed by atoms with van der Waals surface area (Å²) in [5, 5.41) is 0. The number of nitrogens with zero attached hydrogens (tertiary/aromatic N) is 3. The highest BCUT2D eigenvalue weighted by Gasteiger charge is 2.30. The van der Waals surface area contributed by atoms with Crippen LogP contribution >= 0.6 is 0 Å². The van der Waals surface area contributed by atoms with Gasteiger partial charge in [0.1, 0.15) is 12.3 Å². The van der Waals surface area contributed by atoms with Gasteiger partial charge >= 0.3 is 0 Å². The molecule has 31 heavy (non-hydrogen) atoms. The summed E-state index contributed by atoms with van der Waals surface area (Å²) in [6.45, 7) is 1.97. The molecule has 0 spiro atoms. The summed E-state index contributed by atoms with van der Waals surface area (Å²) < 4.78 is 5.43. The first-order chi connectivity index (χ1) is 15.1. The van der Waals surface area contributed by atoms with Crippen molar-refractivity contribution in [3.63, 3.8) is 0 Å². The molecule has 7 heteroatoms. The van der Waals surface area contributed by atoms with Crippen molar-refractivity contribution in [2.24, 2.45) is 0 Å². The molecule has 2 aliphatic rings. The number of piperazine rings is 1. The molecule has 0 saturated carbocycles. The van der Waals surface area contributed by atoms with Crippen molar-refractivity contribution in [1.29, 1.82) is 0 Å². The van der Waals surface area contributed by atoms with E-state index in [0.29, 0.717) is 44.0 Å². The van der Waals surface area contributed by atoms with Crippen molar-refractivity contribution < 1.29 is 19.1 Å². The minimum Gasteiger partial charge on any atom is -0.482 e. The maximum absolute atomic E-state index is 12.8. The fraction of sp³-hybridized carbons (Fsp3) is 0.375. The van der Waals surface area contributed by atoms with E-state index in [9.17, 15) is 14.4 Å². The first kappa shape index (κ1) is 20.9. The third-order valence-electron chi connectivity index (χ3n) is 5.79. The molecule has 7 nitrogen and oxygen atoms in total. The predicted molar refractivity (Wildman–Crippen MR) is 117 cm³/mol. The van der Waals surface area contributed by atoms with Gasteiger partial charge in [0.15, 0.2) is 6.61 Å². The highest BCUT2D eigenvalue weighted by atomic mass is 16.5. The average molecular weight is 421 g/mol. The lowest BCUT2D eigenvalue weighted by Gasteiger charge is -2.36. The fourth-order valence-electron chi connectivity index (χ4n) is 4.01. The number of benzene rings is 2. The molecule has 0 unspecified atom stereocenters. The Labute approximate surface area is 182 Å². The van der Waals surface area contributed by atoms with Gasteiger partial charge in [0.2, 0.25) is 11.8 Å². The van der Waals surface area contributed by atoms with Gasteiger partial charge in [-0.25, -0.2) is 0 Å². The minimum atomic E-state index is -0.223. The lowest BCUT2D eigenvalue weighted by molar-refractivity contribution is -0.139. The molecule has 0 aliphatic carbocycles. The van der Waals surface area contributed by atoms with E-state index in [1.807, 2.05) is 35.2 Å². The zero-order valence-corrected chi connectivity index (χ0v) is 17.5. The molecule has 0 bridgehead atoms. The number of carbonyl (C=O) groups is 3. The van der Waals surface area contributed by atoms with Crippen LogP contribution in [0.5, 0.6) is 5.75 Å². The molecule has 162 valence electrons. The molecule has 1 saturated heterocycles. The number of para-hydroxylation sites is 2. The lowest BCUT2D eigenvalue weighted by Crippen LogP contribution is -2.53. The molecule has 0 radical (unpaired) electrons. The Morgan fingerprint density at radius 1 is 0.839 bits per heavy atom. The number of amides is 3. The Morgan fingerprint density at radius 2 is 1.48 bits per heavy atom. The number of anilines is 1. The van der Waals surface area contributed by atoms with Crippen LogP contribution in [0.2, 0.25) is 0 Å². The second-order valence-electron chi connectivity index (χ2n) is 7.84. The van der Waals surface area contributed by atoms with Gasteiger partial charge in [-0.15, -0.1) is 0 Å². The Balaban J connectivity index is 1.24. The van der Waals surface area contributed by atoms with E-state index in [2.05, 4.69) is 12.1 Å². The van der Waals surface area contributed by atoms with Crippen molar-refractivity contribution in [1.82, 2.24) is 9.80 Å². The van der Waals surface area contributed by atoms with Crippen LogP contribution in [0.4, 0.5) is 5.69 Å². The number of aryl methyl sites for hydroxylation is 1. The fourth-order valence-corrected chi connectivity index (χ4v) is 4.01. The summed E-state index contributed by atoms with van der Waals surface area (Å²) in [6.07, 6.45) is 2.22. The molecule has 3 amide bonds. The van der Waals surface area contributed by atoms with Crippen molar-refractivity contribution in [3.8, 4) is 5.75 Å². The topological polar surface area (TPSA) is 70.2 Å². The predicted octanol–water partition coefficient (Wildman–Crippen LogP) is 2.11. The van der Waals surface area contributed by atoms with Gasteiger partial charge in [-0.2, -0.15) is 0 Å². The Kier molecular flexibility index (Phi) is 6.50. The van der Waals surface area contributed by atoms with Crippen LogP contribution in [0.3, 0.4) is 0 Å². The summed E-state index contributed by atoms with van der Waals surface area (Å²) in [5.41, 5.74) is 1.87. The number of hydrogen-bond acceptors (Lipinski definition) is 4. The van der Waals surface area contributed by atoms with Crippen molar-refractivity contribution in [3.05, 3.63) is 60.2 Å².